The van der Waals surface area contributed by atoms with E-state index in [1.165, 1.54) is 10.8 Å². The van der Waals surface area contributed by atoms with Gasteiger partial charge in [-0.1, -0.05) is 44.2 Å². The van der Waals surface area contributed by atoms with Gasteiger partial charge in [0, 0.05) is 23.2 Å². The average Bonchev–Trinajstić information content (AvgIpc) is 2.78. The Morgan fingerprint density at radius 3 is 2.67 bits per heavy atom. The van der Waals surface area contributed by atoms with E-state index < -0.39 is 0 Å². The van der Waals surface area contributed by atoms with Crippen molar-refractivity contribution in [3.63, 3.8) is 0 Å². The van der Waals surface area contributed by atoms with Gasteiger partial charge in [-0.05, 0) is 74.8 Å². The molecule has 0 saturated heterocycles. The summed E-state index contributed by atoms with van der Waals surface area (Å²) in [5.74, 6) is 1.54. The number of carbonyl (C=O) groups excluding carboxylic acids is 1. The maximum absolute atomic E-state index is 13.6. The van der Waals surface area contributed by atoms with Crippen molar-refractivity contribution in [2.24, 2.45) is 5.41 Å². The molecular formula is C28H28BrNO3. The molecule has 0 aromatic heterocycles. The van der Waals surface area contributed by atoms with Gasteiger partial charge in [0.05, 0.1) is 24.2 Å². The number of ketones is 1. The molecule has 4 nitrogen and oxygen atoms in total. The number of benzene rings is 3. The summed E-state index contributed by atoms with van der Waals surface area (Å²) in [5, 5.41) is 6.07. The van der Waals surface area contributed by atoms with Crippen LogP contribution in [0.4, 0.5) is 5.69 Å². The number of carbonyl (C=O) groups is 1. The zero-order valence-corrected chi connectivity index (χ0v) is 21.0. The third kappa shape index (κ3) is 3.72. The van der Waals surface area contributed by atoms with Crippen LogP contribution in [0.1, 0.15) is 50.8 Å². The molecule has 1 aliphatic carbocycles. The van der Waals surface area contributed by atoms with Gasteiger partial charge in [0.25, 0.3) is 0 Å². The number of methoxy groups -OCH3 is 1. The van der Waals surface area contributed by atoms with Crippen molar-refractivity contribution in [2.45, 2.75) is 39.7 Å². The van der Waals surface area contributed by atoms with E-state index in [-0.39, 0.29) is 17.2 Å². The van der Waals surface area contributed by atoms with Crippen molar-refractivity contribution in [1.82, 2.24) is 0 Å². The van der Waals surface area contributed by atoms with E-state index in [0.29, 0.717) is 24.5 Å². The predicted octanol–water partition coefficient (Wildman–Crippen LogP) is 7.32. The molecule has 0 spiro atoms. The summed E-state index contributed by atoms with van der Waals surface area (Å²) in [6.07, 6.45) is 1.40. The number of nitrogens with one attached hydrogen (secondary N) is 1. The molecule has 0 amide bonds. The van der Waals surface area contributed by atoms with Gasteiger partial charge in [-0.3, -0.25) is 4.79 Å². The number of Topliss-reactive ketones (excluding diaryl/α,β-unsaturated/α-hetero) is 1. The summed E-state index contributed by atoms with van der Waals surface area (Å²) in [6, 6.07) is 16.5. The largest absolute Gasteiger partial charge is 0.493 e. The Morgan fingerprint density at radius 1 is 1.12 bits per heavy atom. The molecule has 0 unspecified atom stereocenters. The SMILES string of the molecule is CCOc1c(Br)cc([C@H]2Nc3ccc4ccccc4c3C3=C2C(=O)CC(C)(C)C3)cc1OC. The number of halogens is 1. The van der Waals surface area contributed by atoms with E-state index in [9.17, 15) is 4.79 Å². The number of hydrogen-bond donors (Lipinski definition) is 1. The van der Waals surface area contributed by atoms with Crippen molar-refractivity contribution in [2.75, 3.05) is 19.0 Å². The van der Waals surface area contributed by atoms with Crippen molar-refractivity contribution in [3.8, 4) is 11.5 Å². The maximum Gasteiger partial charge on any atom is 0.175 e. The van der Waals surface area contributed by atoms with Crippen LogP contribution in [0.25, 0.3) is 16.3 Å². The number of allylic oxidation sites excluding steroid dienone is 1. The highest BCUT2D eigenvalue weighted by Crippen LogP contribution is 2.53. The Labute approximate surface area is 203 Å². The first-order chi connectivity index (χ1) is 15.8. The van der Waals surface area contributed by atoms with Crippen LogP contribution in [0.3, 0.4) is 0 Å². The van der Waals surface area contributed by atoms with Gasteiger partial charge in [-0.15, -0.1) is 0 Å². The zero-order chi connectivity index (χ0) is 23.3. The summed E-state index contributed by atoms with van der Waals surface area (Å²) >= 11 is 3.66. The molecule has 3 aromatic carbocycles. The van der Waals surface area contributed by atoms with Gasteiger partial charge in [0.15, 0.2) is 17.3 Å². The minimum atomic E-state index is -0.252. The maximum atomic E-state index is 13.6. The monoisotopic (exact) mass is 505 g/mol. The average molecular weight is 506 g/mol. The normalized spacial score (nSPS) is 19.1. The molecule has 1 heterocycles. The number of fused-ring (bicyclic) bond motifs is 4. The zero-order valence-electron chi connectivity index (χ0n) is 19.4. The molecule has 0 saturated carbocycles. The Morgan fingerprint density at radius 2 is 1.91 bits per heavy atom. The second-order valence-electron chi connectivity index (χ2n) is 9.59. The molecule has 170 valence electrons. The summed E-state index contributed by atoms with van der Waals surface area (Å²) < 4.78 is 12.3. The molecule has 1 aliphatic heterocycles. The van der Waals surface area contributed by atoms with Crippen LogP contribution < -0.4 is 14.8 Å². The van der Waals surface area contributed by atoms with Gasteiger partial charge < -0.3 is 14.8 Å². The third-order valence-electron chi connectivity index (χ3n) is 6.61. The van der Waals surface area contributed by atoms with Gasteiger partial charge in [0.2, 0.25) is 0 Å². The lowest BCUT2D eigenvalue weighted by Gasteiger charge is -2.40. The lowest BCUT2D eigenvalue weighted by Crippen LogP contribution is -2.33. The second kappa shape index (κ2) is 8.21. The molecule has 1 atom stereocenters. The molecule has 1 N–H and O–H groups in total. The summed E-state index contributed by atoms with van der Waals surface area (Å²) in [5.41, 5.74) is 5.15. The van der Waals surface area contributed by atoms with Gasteiger partial charge in [0.1, 0.15) is 0 Å². The van der Waals surface area contributed by atoms with Crippen LogP contribution in [0, 0.1) is 5.41 Å². The first-order valence-corrected chi connectivity index (χ1v) is 12.2. The Hall–Kier alpha value is -2.79. The molecule has 0 radical (unpaired) electrons. The van der Waals surface area contributed by atoms with E-state index in [2.05, 4.69) is 71.5 Å². The second-order valence-corrected chi connectivity index (χ2v) is 10.4. The fraction of sp³-hybridized carbons (Fsp3) is 0.321. The fourth-order valence-corrected chi connectivity index (χ4v) is 5.85. The first kappa shape index (κ1) is 22.0. The van der Waals surface area contributed by atoms with Crippen LogP contribution in [-0.2, 0) is 4.79 Å². The number of rotatable bonds is 4. The molecule has 5 heteroatoms. The minimum absolute atomic E-state index is 0.0802. The quantitative estimate of drug-likeness (QED) is 0.403. The molecule has 0 bridgehead atoms. The van der Waals surface area contributed by atoms with E-state index in [0.717, 1.165) is 38.9 Å². The molecule has 0 fully saturated rings. The van der Waals surface area contributed by atoms with E-state index >= 15 is 0 Å². The van der Waals surface area contributed by atoms with Gasteiger partial charge >= 0.3 is 0 Å². The van der Waals surface area contributed by atoms with E-state index in [1.54, 1.807) is 7.11 Å². The summed E-state index contributed by atoms with van der Waals surface area (Å²) in [7, 11) is 1.64. The number of hydrogen-bond acceptors (Lipinski definition) is 4. The summed E-state index contributed by atoms with van der Waals surface area (Å²) in [6.45, 7) is 6.86. The van der Waals surface area contributed by atoms with Crippen LogP contribution in [-0.4, -0.2) is 19.5 Å². The van der Waals surface area contributed by atoms with Crippen LogP contribution in [0.5, 0.6) is 11.5 Å². The van der Waals surface area contributed by atoms with E-state index in [1.807, 2.05) is 19.1 Å². The molecule has 3 aromatic rings. The summed E-state index contributed by atoms with van der Waals surface area (Å²) in [4.78, 5) is 13.6. The van der Waals surface area contributed by atoms with Crippen molar-refractivity contribution in [3.05, 3.63) is 69.7 Å². The van der Waals surface area contributed by atoms with Crippen molar-refractivity contribution >= 4 is 43.7 Å². The van der Waals surface area contributed by atoms with Crippen molar-refractivity contribution < 1.29 is 14.3 Å². The van der Waals surface area contributed by atoms with E-state index in [4.69, 9.17) is 9.47 Å². The highest BCUT2D eigenvalue weighted by Gasteiger charge is 2.41. The topological polar surface area (TPSA) is 47.6 Å². The standard InChI is InChI=1S/C28H28BrNO3/c1-5-33-27-20(29)12-17(13-23(27)32-4)26-25-19(14-28(2,3)15-22(25)31)24-18-9-7-6-8-16(18)10-11-21(24)30-26/h6-13,26,30H,5,14-15H2,1-4H3/t26-/m1/s1. The lowest BCUT2D eigenvalue weighted by atomic mass is 9.68. The van der Waals surface area contributed by atoms with Crippen LogP contribution in [0.15, 0.2) is 58.6 Å². The minimum Gasteiger partial charge on any atom is -0.493 e. The molecule has 2 aliphatic rings. The van der Waals surface area contributed by atoms with Crippen LogP contribution >= 0.6 is 15.9 Å². The molecular weight excluding hydrogens is 478 g/mol. The van der Waals surface area contributed by atoms with Gasteiger partial charge in [-0.25, -0.2) is 0 Å². The molecule has 33 heavy (non-hydrogen) atoms. The predicted molar refractivity (Wildman–Crippen MR) is 137 cm³/mol. The lowest BCUT2D eigenvalue weighted by molar-refractivity contribution is -0.118. The van der Waals surface area contributed by atoms with Crippen molar-refractivity contribution in [1.29, 1.82) is 0 Å². The Kier molecular flexibility index (Phi) is 5.48. The fourth-order valence-electron chi connectivity index (χ4n) is 5.28. The Bertz CT molecular complexity index is 1310. The smallest absolute Gasteiger partial charge is 0.175 e. The first-order valence-electron chi connectivity index (χ1n) is 11.4. The van der Waals surface area contributed by atoms with Crippen LogP contribution in [0.2, 0.25) is 0 Å². The Balaban J connectivity index is 1.75. The third-order valence-corrected chi connectivity index (χ3v) is 7.20. The molecule has 5 rings (SSSR count). The number of anilines is 1. The number of ether oxygens (including phenoxy) is 2. The van der Waals surface area contributed by atoms with Gasteiger partial charge in [-0.2, -0.15) is 0 Å². The highest BCUT2D eigenvalue weighted by atomic mass is 79.9. The highest BCUT2D eigenvalue weighted by molar-refractivity contribution is 9.10.